The molecule has 1 saturated heterocycles. The molecule has 3 N–H and O–H groups in total. The van der Waals surface area contributed by atoms with Gasteiger partial charge in [-0.3, -0.25) is 9.59 Å². The molecule has 2 atom stereocenters. The number of carbonyl (C=O) groups excluding carboxylic acids is 2. The third kappa shape index (κ3) is 3.17. The molecule has 21 heavy (non-hydrogen) atoms. The summed E-state index contributed by atoms with van der Waals surface area (Å²) in [7, 11) is 0. The van der Waals surface area contributed by atoms with E-state index in [2.05, 4.69) is 10.6 Å². The molecular formula is C16H22N2O3. The summed E-state index contributed by atoms with van der Waals surface area (Å²) in [5, 5.41) is 15.2. The third-order valence-corrected chi connectivity index (χ3v) is 3.97. The van der Waals surface area contributed by atoms with Crippen LogP contribution in [0.4, 0.5) is 0 Å². The van der Waals surface area contributed by atoms with Gasteiger partial charge in [0.15, 0.2) is 0 Å². The molecule has 0 aliphatic carbocycles. The van der Waals surface area contributed by atoms with Crippen molar-refractivity contribution >= 4 is 11.8 Å². The van der Waals surface area contributed by atoms with Crippen LogP contribution in [0.5, 0.6) is 5.75 Å². The molecule has 1 fully saturated rings. The SMILES string of the molecule is Cc1cc(O)cc(C)c1C[C@@H]1NC(=O)[C@H](C(C)C)NC1=O. The van der Waals surface area contributed by atoms with E-state index in [1.807, 2.05) is 27.7 Å². The van der Waals surface area contributed by atoms with Gasteiger partial charge in [-0.25, -0.2) is 0 Å². The van der Waals surface area contributed by atoms with Gasteiger partial charge < -0.3 is 15.7 Å². The highest BCUT2D eigenvalue weighted by atomic mass is 16.3. The highest BCUT2D eigenvalue weighted by Gasteiger charge is 2.35. The number of phenols is 1. The number of piperazine rings is 1. The molecule has 1 aromatic rings. The van der Waals surface area contributed by atoms with E-state index in [9.17, 15) is 14.7 Å². The predicted octanol–water partition coefficient (Wildman–Crippen LogP) is 1.19. The summed E-state index contributed by atoms with van der Waals surface area (Å²) in [5.74, 6) is -0.0124. The lowest BCUT2D eigenvalue weighted by Crippen LogP contribution is -2.63. The Kier molecular flexibility index (Phi) is 4.21. The number of rotatable bonds is 3. The number of hydrogen-bond acceptors (Lipinski definition) is 3. The maximum atomic E-state index is 12.2. The van der Waals surface area contributed by atoms with Gasteiger partial charge in [0.25, 0.3) is 0 Å². The molecule has 0 saturated carbocycles. The molecule has 1 aliphatic rings. The fourth-order valence-corrected chi connectivity index (χ4v) is 2.76. The molecule has 0 unspecified atom stereocenters. The number of hydrogen-bond donors (Lipinski definition) is 3. The minimum Gasteiger partial charge on any atom is -0.508 e. The highest BCUT2D eigenvalue weighted by Crippen LogP contribution is 2.22. The van der Waals surface area contributed by atoms with E-state index in [4.69, 9.17) is 0 Å². The molecular weight excluding hydrogens is 268 g/mol. The van der Waals surface area contributed by atoms with Crippen molar-refractivity contribution in [1.29, 1.82) is 0 Å². The van der Waals surface area contributed by atoms with Crippen LogP contribution < -0.4 is 10.6 Å². The first-order valence-corrected chi connectivity index (χ1v) is 7.19. The fourth-order valence-electron chi connectivity index (χ4n) is 2.76. The summed E-state index contributed by atoms with van der Waals surface area (Å²) in [4.78, 5) is 24.2. The Morgan fingerprint density at radius 2 is 1.67 bits per heavy atom. The normalized spacial score (nSPS) is 22.1. The quantitative estimate of drug-likeness (QED) is 0.782. The minimum absolute atomic E-state index is 0.0621. The number of benzene rings is 1. The van der Waals surface area contributed by atoms with Crippen LogP contribution in [-0.4, -0.2) is 29.0 Å². The molecule has 5 heteroatoms. The summed E-state index contributed by atoms with van der Waals surface area (Å²) < 4.78 is 0. The van der Waals surface area contributed by atoms with Crippen molar-refractivity contribution in [2.75, 3.05) is 0 Å². The second-order valence-corrected chi connectivity index (χ2v) is 6.05. The van der Waals surface area contributed by atoms with Crippen molar-refractivity contribution in [1.82, 2.24) is 10.6 Å². The smallest absolute Gasteiger partial charge is 0.243 e. The molecule has 2 rings (SSSR count). The molecule has 1 heterocycles. The van der Waals surface area contributed by atoms with Gasteiger partial charge in [0.1, 0.15) is 17.8 Å². The van der Waals surface area contributed by atoms with Crippen molar-refractivity contribution in [3.63, 3.8) is 0 Å². The van der Waals surface area contributed by atoms with Gasteiger partial charge in [0, 0.05) is 6.42 Å². The number of aromatic hydroxyl groups is 1. The van der Waals surface area contributed by atoms with E-state index in [0.717, 1.165) is 16.7 Å². The molecule has 5 nitrogen and oxygen atoms in total. The number of aryl methyl sites for hydroxylation is 2. The van der Waals surface area contributed by atoms with Crippen molar-refractivity contribution in [2.24, 2.45) is 5.92 Å². The van der Waals surface area contributed by atoms with Crippen LogP contribution >= 0.6 is 0 Å². The Balaban J connectivity index is 2.18. The van der Waals surface area contributed by atoms with E-state index in [0.29, 0.717) is 6.42 Å². The van der Waals surface area contributed by atoms with Gasteiger partial charge in [-0.2, -0.15) is 0 Å². The van der Waals surface area contributed by atoms with E-state index < -0.39 is 12.1 Å². The van der Waals surface area contributed by atoms with Gasteiger partial charge in [-0.1, -0.05) is 13.8 Å². The second kappa shape index (κ2) is 5.76. The topological polar surface area (TPSA) is 78.4 Å². The first-order valence-electron chi connectivity index (χ1n) is 7.19. The lowest BCUT2D eigenvalue weighted by atomic mass is 9.93. The standard InChI is InChI=1S/C16H22N2O3/c1-8(2)14-16(21)17-13(15(20)18-14)7-12-9(3)5-11(19)6-10(12)4/h5-6,8,13-14,19H,7H2,1-4H3,(H,17,21)(H,18,20)/t13-,14-/m0/s1. The van der Waals surface area contributed by atoms with Crippen LogP contribution in [0.2, 0.25) is 0 Å². The van der Waals surface area contributed by atoms with Crippen molar-refractivity contribution in [3.05, 3.63) is 28.8 Å². The lowest BCUT2D eigenvalue weighted by molar-refractivity contribution is -0.137. The Morgan fingerprint density at radius 3 is 2.19 bits per heavy atom. The Hall–Kier alpha value is -2.04. The van der Waals surface area contributed by atoms with Crippen LogP contribution in [0.25, 0.3) is 0 Å². The number of carbonyl (C=O) groups is 2. The van der Waals surface area contributed by atoms with Gasteiger partial charge in [-0.05, 0) is 48.6 Å². The summed E-state index contributed by atoms with van der Waals surface area (Å²) in [6.45, 7) is 7.58. The highest BCUT2D eigenvalue weighted by molar-refractivity contribution is 5.97. The largest absolute Gasteiger partial charge is 0.508 e. The van der Waals surface area contributed by atoms with Crippen molar-refractivity contribution in [2.45, 2.75) is 46.2 Å². The first-order chi connectivity index (χ1) is 9.79. The maximum absolute atomic E-state index is 12.2. The van der Waals surface area contributed by atoms with Crippen LogP contribution in [0.3, 0.4) is 0 Å². The predicted molar refractivity (Wildman–Crippen MR) is 80.0 cm³/mol. The molecule has 1 aliphatic heterocycles. The number of phenolic OH excluding ortho intramolecular Hbond substituents is 1. The van der Waals surface area contributed by atoms with Crippen LogP contribution in [0, 0.1) is 19.8 Å². The van der Waals surface area contributed by atoms with Crippen LogP contribution in [0.1, 0.15) is 30.5 Å². The van der Waals surface area contributed by atoms with Crippen LogP contribution in [-0.2, 0) is 16.0 Å². The third-order valence-electron chi connectivity index (χ3n) is 3.97. The molecule has 1 aromatic carbocycles. The Bertz CT molecular complexity index is 558. The fraction of sp³-hybridized carbons (Fsp3) is 0.500. The van der Waals surface area contributed by atoms with Crippen molar-refractivity contribution < 1.29 is 14.7 Å². The summed E-state index contributed by atoms with van der Waals surface area (Å²) in [6, 6.07) is 2.31. The summed E-state index contributed by atoms with van der Waals surface area (Å²) >= 11 is 0. The summed E-state index contributed by atoms with van der Waals surface area (Å²) in [5.41, 5.74) is 2.82. The maximum Gasteiger partial charge on any atom is 0.243 e. The van der Waals surface area contributed by atoms with E-state index in [-0.39, 0.29) is 23.5 Å². The zero-order valence-corrected chi connectivity index (χ0v) is 12.9. The Morgan fingerprint density at radius 1 is 1.10 bits per heavy atom. The molecule has 0 radical (unpaired) electrons. The zero-order chi connectivity index (χ0) is 15.7. The Labute approximate surface area is 124 Å². The second-order valence-electron chi connectivity index (χ2n) is 6.05. The van der Waals surface area contributed by atoms with Gasteiger partial charge in [-0.15, -0.1) is 0 Å². The van der Waals surface area contributed by atoms with E-state index in [1.165, 1.54) is 0 Å². The number of nitrogens with one attached hydrogen (secondary N) is 2. The van der Waals surface area contributed by atoms with Gasteiger partial charge in [0.05, 0.1) is 0 Å². The van der Waals surface area contributed by atoms with Crippen LogP contribution in [0.15, 0.2) is 12.1 Å². The van der Waals surface area contributed by atoms with E-state index >= 15 is 0 Å². The molecule has 0 spiro atoms. The number of amides is 2. The van der Waals surface area contributed by atoms with Gasteiger partial charge >= 0.3 is 0 Å². The van der Waals surface area contributed by atoms with E-state index in [1.54, 1.807) is 12.1 Å². The molecule has 114 valence electrons. The van der Waals surface area contributed by atoms with Gasteiger partial charge in [0.2, 0.25) is 11.8 Å². The average Bonchev–Trinajstić information content (AvgIpc) is 2.36. The average molecular weight is 290 g/mol. The van der Waals surface area contributed by atoms with Crippen molar-refractivity contribution in [3.8, 4) is 5.75 Å². The lowest BCUT2D eigenvalue weighted by Gasteiger charge is -2.32. The molecule has 0 aromatic heterocycles. The molecule has 0 bridgehead atoms. The molecule has 2 amide bonds. The summed E-state index contributed by atoms with van der Waals surface area (Å²) in [6.07, 6.45) is 0.431. The monoisotopic (exact) mass is 290 g/mol. The zero-order valence-electron chi connectivity index (χ0n) is 12.9. The first kappa shape index (κ1) is 15.4. The minimum atomic E-state index is -0.561.